The number of rotatable bonds is 8. The molecule has 1 heterocycles. The van der Waals surface area contributed by atoms with Crippen LogP contribution in [0, 0.1) is 22.7 Å². The molecule has 55 heavy (non-hydrogen) atoms. The Balaban J connectivity index is 1.28. The molecular weight excluding hydrogens is 689 g/mol. The number of nitriles is 2. The first-order valence-corrected chi connectivity index (χ1v) is 19.8. The van der Waals surface area contributed by atoms with Crippen LogP contribution in [0.3, 0.4) is 0 Å². The van der Waals surface area contributed by atoms with E-state index in [9.17, 15) is 10.5 Å². The maximum absolute atomic E-state index is 10.3. The average molecular weight is 723 g/mol. The molecule has 0 bridgehead atoms. The highest BCUT2D eigenvalue weighted by Gasteiger charge is 2.34. The SMILES string of the molecule is N#Cc1ccc(S(c2ccccc2)(c2ccc(N(c3ccccc3)c3ccccc3)cc2)c2ccc(-n3c4ccccc4c4ccccc43)cc2)cc1C#N. The van der Waals surface area contributed by atoms with Gasteiger partial charge in [0.1, 0.15) is 12.1 Å². The molecule has 0 spiro atoms. The summed E-state index contributed by atoms with van der Waals surface area (Å²) < 4.78 is 2.33. The second-order valence-electron chi connectivity index (χ2n) is 13.2. The van der Waals surface area contributed by atoms with Crippen LogP contribution in [0.25, 0.3) is 27.5 Å². The van der Waals surface area contributed by atoms with Gasteiger partial charge in [-0.2, -0.15) is 10.5 Å². The minimum atomic E-state index is -2.20. The summed E-state index contributed by atoms with van der Waals surface area (Å²) in [6, 6.07) is 76.6. The number of fused-ring (bicyclic) bond motifs is 3. The molecule has 0 aliphatic heterocycles. The molecule has 0 N–H and O–H groups in total. The fraction of sp³-hybridized carbons (Fsp3) is 0. The van der Waals surface area contributed by atoms with Crippen molar-refractivity contribution >= 4 is 48.9 Å². The van der Waals surface area contributed by atoms with Crippen LogP contribution in [-0.2, 0) is 0 Å². The van der Waals surface area contributed by atoms with E-state index in [1.54, 1.807) is 6.07 Å². The number of hydrogen-bond donors (Lipinski definition) is 0. The molecule has 8 aromatic carbocycles. The molecule has 0 radical (unpaired) electrons. The van der Waals surface area contributed by atoms with Crippen LogP contribution < -0.4 is 4.90 Å². The molecule has 0 aliphatic rings. The summed E-state index contributed by atoms with van der Waals surface area (Å²) in [6.07, 6.45) is 0. The first-order valence-electron chi connectivity index (χ1n) is 18.1. The van der Waals surface area contributed by atoms with E-state index in [0.717, 1.165) is 53.4 Å². The van der Waals surface area contributed by atoms with E-state index in [0.29, 0.717) is 11.1 Å². The minimum Gasteiger partial charge on any atom is -0.311 e. The molecule has 9 rings (SSSR count). The van der Waals surface area contributed by atoms with E-state index in [-0.39, 0.29) is 0 Å². The number of hydrogen-bond acceptors (Lipinski definition) is 3. The normalized spacial score (nSPS) is 12.7. The molecule has 0 saturated carbocycles. The van der Waals surface area contributed by atoms with E-state index in [2.05, 4.69) is 191 Å². The van der Waals surface area contributed by atoms with Gasteiger partial charge in [0.05, 0.1) is 22.2 Å². The van der Waals surface area contributed by atoms with Crippen molar-refractivity contribution in [2.75, 3.05) is 4.90 Å². The lowest BCUT2D eigenvalue weighted by atomic mass is 10.1. The van der Waals surface area contributed by atoms with Gasteiger partial charge in [-0.05, 0) is 115 Å². The first kappa shape index (κ1) is 33.5. The Hall–Kier alpha value is -7.31. The fourth-order valence-corrected chi connectivity index (χ4v) is 11.6. The number of anilines is 3. The van der Waals surface area contributed by atoms with Crippen molar-refractivity contribution in [3.8, 4) is 17.8 Å². The Bertz CT molecular complexity index is 2780. The molecule has 0 amide bonds. The zero-order valence-corrected chi connectivity index (χ0v) is 30.6. The van der Waals surface area contributed by atoms with E-state index in [4.69, 9.17) is 0 Å². The van der Waals surface area contributed by atoms with Crippen molar-refractivity contribution < 1.29 is 0 Å². The van der Waals surface area contributed by atoms with Gasteiger partial charge in [-0.3, -0.25) is 0 Å². The van der Waals surface area contributed by atoms with Crippen LogP contribution in [0.1, 0.15) is 11.1 Å². The molecule has 5 heteroatoms. The molecule has 0 aliphatic carbocycles. The standard InChI is InChI=1S/C50H34N4S/c51-35-37-24-29-46(34-38(37)36-52)55(43-18-8-3-9-19-43,44-30-25-41(26-31-44)53(39-14-4-1-5-15-39)40-16-6-2-7-17-40)45-32-27-42(28-33-45)54-49-22-12-10-20-47(49)48-21-11-13-23-50(48)54/h1-34H. The summed E-state index contributed by atoms with van der Waals surface area (Å²) in [7, 11) is -2.20. The van der Waals surface area contributed by atoms with Gasteiger partial charge in [-0.15, -0.1) is 10.0 Å². The van der Waals surface area contributed by atoms with Crippen molar-refractivity contribution in [3.63, 3.8) is 0 Å². The second kappa shape index (κ2) is 14.3. The van der Waals surface area contributed by atoms with Crippen LogP contribution in [-0.4, -0.2) is 4.57 Å². The minimum absolute atomic E-state index is 0.366. The van der Waals surface area contributed by atoms with Crippen LogP contribution in [0.15, 0.2) is 226 Å². The van der Waals surface area contributed by atoms with E-state index in [1.165, 1.54) is 10.8 Å². The van der Waals surface area contributed by atoms with Gasteiger partial charge in [-0.25, -0.2) is 0 Å². The topological polar surface area (TPSA) is 55.8 Å². The molecule has 1 atom stereocenters. The van der Waals surface area contributed by atoms with Gasteiger partial charge in [0.15, 0.2) is 0 Å². The van der Waals surface area contributed by atoms with Crippen molar-refractivity contribution in [3.05, 3.63) is 217 Å². The van der Waals surface area contributed by atoms with Gasteiger partial charge in [-0.1, -0.05) is 91.0 Å². The molecular formula is C50H34N4S. The highest BCUT2D eigenvalue weighted by atomic mass is 32.3. The van der Waals surface area contributed by atoms with E-state index >= 15 is 0 Å². The summed E-state index contributed by atoms with van der Waals surface area (Å²) in [5.74, 6) is 0. The Morgan fingerprint density at radius 2 is 0.800 bits per heavy atom. The Labute approximate surface area is 322 Å². The van der Waals surface area contributed by atoms with Crippen molar-refractivity contribution in [1.82, 2.24) is 4.57 Å². The molecule has 4 nitrogen and oxygen atoms in total. The van der Waals surface area contributed by atoms with E-state index < -0.39 is 10.0 Å². The number of nitrogens with zero attached hydrogens (tertiary/aromatic N) is 4. The fourth-order valence-electron chi connectivity index (χ4n) is 7.75. The first-order chi connectivity index (χ1) is 27.2. The second-order valence-corrected chi connectivity index (χ2v) is 16.3. The summed E-state index contributed by atoms with van der Waals surface area (Å²) in [5, 5.41) is 22.6. The lowest BCUT2D eigenvalue weighted by molar-refractivity contribution is 1.16. The Morgan fingerprint density at radius 3 is 1.33 bits per heavy atom. The predicted molar refractivity (Wildman–Crippen MR) is 225 cm³/mol. The molecule has 0 saturated heterocycles. The summed E-state index contributed by atoms with van der Waals surface area (Å²) in [4.78, 5) is 6.60. The molecule has 9 aromatic rings. The summed E-state index contributed by atoms with van der Waals surface area (Å²) in [6.45, 7) is 0. The van der Waals surface area contributed by atoms with Crippen molar-refractivity contribution in [2.24, 2.45) is 0 Å². The third kappa shape index (κ3) is 5.72. The van der Waals surface area contributed by atoms with Crippen LogP contribution in [0.2, 0.25) is 0 Å². The Morgan fingerprint density at radius 1 is 0.382 bits per heavy atom. The van der Waals surface area contributed by atoms with Crippen LogP contribution in [0.5, 0.6) is 0 Å². The maximum atomic E-state index is 10.3. The molecule has 0 fully saturated rings. The predicted octanol–water partition coefficient (Wildman–Crippen LogP) is 13.3. The summed E-state index contributed by atoms with van der Waals surface area (Å²) >= 11 is 0. The average Bonchev–Trinajstić information content (AvgIpc) is 3.60. The molecule has 260 valence electrons. The van der Waals surface area contributed by atoms with Gasteiger partial charge in [0.2, 0.25) is 0 Å². The highest BCUT2D eigenvalue weighted by Crippen LogP contribution is 2.73. The van der Waals surface area contributed by atoms with Crippen molar-refractivity contribution in [1.29, 1.82) is 10.5 Å². The van der Waals surface area contributed by atoms with Gasteiger partial charge >= 0.3 is 0 Å². The van der Waals surface area contributed by atoms with Crippen molar-refractivity contribution in [2.45, 2.75) is 19.6 Å². The third-order valence-corrected chi connectivity index (χ3v) is 14.1. The van der Waals surface area contributed by atoms with Crippen LogP contribution >= 0.6 is 10.0 Å². The largest absolute Gasteiger partial charge is 0.311 e. The van der Waals surface area contributed by atoms with Gasteiger partial charge in [0.25, 0.3) is 0 Å². The molecule has 1 aromatic heterocycles. The zero-order chi connectivity index (χ0) is 37.2. The highest BCUT2D eigenvalue weighted by molar-refractivity contribution is 8.34. The third-order valence-electron chi connectivity index (χ3n) is 10.2. The van der Waals surface area contributed by atoms with Gasteiger partial charge < -0.3 is 9.47 Å². The number of benzene rings is 8. The smallest absolute Gasteiger partial charge is 0.101 e. The maximum Gasteiger partial charge on any atom is 0.101 e. The zero-order valence-electron chi connectivity index (χ0n) is 29.8. The lowest BCUT2D eigenvalue weighted by Gasteiger charge is -2.42. The quantitative estimate of drug-likeness (QED) is 0.157. The van der Waals surface area contributed by atoms with E-state index in [1.807, 2.05) is 30.3 Å². The summed E-state index contributed by atoms with van der Waals surface area (Å²) in [5.41, 5.74) is 7.26. The number of para-hydroxylation sites is 4. The van der Waals surface area contributed by atoms with Gasteiger partial charge in [0, 0.05) is 53.1 Å². The number of aromatic nitrogens is 1. The monoisotopic (exact) mass is 722 g/mol. The lowest BCUT2D eigenvalue weighted by Crippen LogP contribution is -2.10. The molecule has 1 unspecified atom stereocenters. The van der Waals surface area contributed by atoms with Crippen LogP contribution in [0.4, 0.5) is 17.1 Å². The Kier molecular flexibility index (Phi) is 8.69.